The fraction of sp³-hybridized carbons (Fsp3) is 0.647. The van der Waals surface area contributed by atoms with Gasteiger partial charge in [0.25, 0.3) is 0 Å². The predicted molar refractivity (Wildman–Crippen MR) is 90.2 cm³/mol. The zero-order valence-electron chi connectivity index (χ0n) is 15.8. The van der Waals surface area contributed by atoms with E-state index in [2.05, 4.69) is 11.9 Å². The van der Waals surface area contributed by atoms with Crippen LogP contribution in [0, 0.1) is 0 Å². The summed E-state index contributed by atoms with van der Waals surface area (Å²) in [6, 6.07) is -0.968. The molecule has 0 saturated carbocycles. The van der Waals surface area contributed by atoms with Crippen molar-refractivity contribution in [2.45, 2.75) is 58.3 Å². The second kappa shape index (κ2) is 10.6. The summed E-state index contributed by atoms with van der Waals surface area (Å²) < 4.78 is 26.8. The second-order valence-electron chi connectivity index (χ2n) is 5.84. The van der Waals surface area contributed by atoms with Crippen LogP contribution in [0.1, 0.15) is 27.7 Å². The third-order valence-corrected chi connectivity index (χ3v) is 3.45. The molecule has 1 amide bonds. The molecule has 0 aromatic heterocycles. The van der Waals surface area contributed by atoms with Crippen LogP contribution in [0.5, 0.6) is 0 Å². The van der Waals surface area contributed by atoms with E-state index < -0.39 is 54.5 Å². The van der Waals surface area contributed by atoms with Crippen molar-refractivity contribution in [2.75, 3.05) is 13.2 Å². The van der Waals surface area contributed by atoms with Gasteiger partial charge < -0.3 is 29.0 Å². The molecule has 1 aliphatic heterocycles. The number of hydrogen-bond acceptors (Lipinski definition) is 9. The molecule has 2 unspecified atom stereocenters. The van der Waals surface area contributed by atoms with Gasteiger partial charge in [-0.25, -0.2) is 0 Å². The third kappa shape index (κ3) is 7.35. The minimum absolute atomic E-state index is 0.0755. The first-order valence-electron chi connectivity index (χ1n) is 8.28. The Morgan fingerprint density at radius 3 is 2.07 bits per heavy atom. The van der Waals surface area contributed by atoms with Crippen molar-refractivity contribution in [1.29, 1.82) is 0 Å². The third-order valence-electron chi connectivity index (χ3n) is 3.45. The van der Waals surface area contributed by atoms with Crippen molar-refractivity contribution >= 4 is 23.8 Å². The van der Waals surface area contributed by atoms with Crippen LogP contribution in [0.25, 0.3) is 0 Å². The topological polar surface area (TPSA) is 126 Å². The molecule has 1 rings (SSSR count). The van der Waals surface area contributed by atoms with E-state index in [1.807, 2.05) is 0 Å². The standard InChI is InChI=1S/C17H25NO9/c1-6-7-23-17-14(18-9(2)19)16(26-12(5)22)15(25-11(4)21)13(27-17)8-24-10(3)20/h6,13-17H,1,7-8H2,2-5H3,(H,18,19)/t13?,14?,15-,16+,17-/m0/s1. The van der Waals surface area contributed by atoms with Gasteiger partial charge in [-0.1, -0.05) is 6.08 Å². The van der Waals surface area contributed by atoms with Gasteiger partial charge in [0.05, 0.1) is 6.61 Å². The number of amides is 1. The quantitative estimate of drug-likeness (QED) is 0.343. The highest BCUT2D eigenvalue weighted by atomic mass is 16.7. The molecule has 0 aromatic carbocycles. The maximum atomic E-state index is 11.6. The van der Waals surface area contributed by atoms with E-state index in [0.29, 0.717) is 0 Å². The van der Waals surface area contributed by atoms with E-state index in [-0.39, 0.29) is 13.2 Å². The van der Waals surface area contributed by atoms with E-state index in [9.17, 15) is 19.2 Å². The van der Waals surface area contributed by atoms with Crippen LogP contribution in [0.2, 0.25) is 0 Å². The van der Waals surface area contributed by atoms with Gasteiger partial charge in [0.2, 0.25) is 5.91 Å². The van der Waals surface area contributed by atoms with Gasteiger partial charge in [-0.3, -0.25) is 19.2 Å². The molecule has 10 nitrogen and oxygen atoms in total. The number of nitrogens with one attached hydrogen (secondary N) is 1. The summed E-state index contributed by atoms with van der Waals surface area (Å²) >= 11 is 0. The van der Waals surface area contributed by atoms with Gasteiger partial charge >= 0.3 is 17.9 Å². The lowest BCUT2D eigenvalue weighted by Crippen LogP contribution is -2.66. The fourth-order valence-electron chi connectivity index (χ4n) is 2.60. The normalized spacial score (nSPS) is 27.2. The highest BCUT2D eigenvalue weighted by Crippen LogP contribution is 2.27. The Bertz CT molecular complexity index is 577. The number of carbonyl (C=O) groups is 4. The maximum Gasteiger partial charge on any atom is 0.303 e. The molecule has 1 saturated heterocycles. The number of carbonyl (C=O) groups excluding carboxylic acids is 4. The lowest BCUT2D eigenvalue weighted by atomic mass is 9.96. The Kier molecular flexibility index (Phi) is 8.89. The number of hydrogen-bond donors (Lipinski definition) is 1. The average Bonchev–Trinajstić information content (AvgIpc) is 2.54. The second-order valence-corrected chi connectivity index (χ2v) is 5.84. The number of rotatable bonds is 8. The van der Waals surface area contributed by atoms with Crippen LogP contribution in [-0.4, -0.2) is 67.7 Å². The minimum atomic E-state index is -1.13. The summed E-state index contributed by atoms with van der Waals surface area (Å²) in [5.41, 5.74) is 0. The lowest BCUT2D eigenvalue weighted by Gasteiger charge is -2.44. The average molecular weight is 387 g/mol. The van der Waals surface area contributed by atoms with Gasteiger partial charge in [-0.05, 0) is 0 Å². The highest BCUT2D eigenvalue weighted by molar-refractivity contribution is 5.73. The first kappa shape index (κ1) is 22.6. The highest BCUT2D eigenvalue weighted by Gasteiger charge is 2.51. The van der Waals surface area contributed by atoms with E-state index in [1.165, 1.54) is 33.8 Å². The molecular formula is C17H25NO9. The van der Waals surface area contributed by atoms with Gasteiger partial charge in [-0.15, -0.1) is 6.58 Å². The summed E-state index contributed by atoms with van der Waals surface area (Å²) in [7, 11) is 0. The number of esters is 3. The van der Waals surface area contributed by atoms with Crippen LogP contribution in [0.15, 0.2) is 12.7 Å². The molecule has 0 radical (unpaired) electrons. The fourth-order valence-corrected chi connectivity index (χ4v) is 2.60. The zero-order valence-corrected chi connectivity index (χ0v) is 15.8. The van der Waals surface area contributed by atoms with Crippen LogP contribution < -0.4 is 5.32 Å². The van der Waals surface area contributed by atoms with Crippen LogP contribution in [0.3, 0.4) is 0 Å². The summed E-state index contributed by atoms with van der Waals surface area (Å²) in [6.07, 6.45) is -2.84. The van der Waals surface area contributed by atoms with E-state index in [4.69, 9.17) is 23.7 Å². The molecule has 0 aliphatic carbocycles. The Labute approximate surface area is 157 Å². The molecule has 10 heteroatoms. The first-order valence-corrected chi connectivity index (χ1v) is 8.28. The van der Waals surface area contributed by atoms with Crippen molar-refractivity contribution < 1.29 is 42.9 Å². The summed E-state index contributed by atoms with van der Waals surface area (Å²) in [5, 5.41) is 2.59. The summed E-state index contributed by atoms with van der Waals surface area (Å²) in [4.78, 5) is 46.0. The lowest BCUT2D eigenvalue weighted by molar-refractivity contribution is -0.275. The summed E-state index contributed by atoms with van der Waals surface area (Å²) in [6.45, 7) is 8.16. The number of ether oxygens (including phenoxy) is 5. The SMILES string of the molecule is C=CCO[C@H]1OC(COC(C)=O)[C@H](OC(C)=O)[C@H](OC(C)=O)C1NC(C)=O. The van der Waals surface area contributed by atoms with E-state index in [1.54, 1.807) is 0 Å². The maximum absolute atomic E-state index is 11.6. The van der Waals surface area contributed by atoms with Crippen molar-refractivity contribution in [3.05, 3.63) is 12.7 Å². The van der Waals surface area contributed by atoms with Gasteiger partial charge in [-0.2, -0.15) is 0 Å². The Balaban J connectivity index is 3.24. The van der Waals surface area contributed by atoms with Gasteiger partial charge in [0.15, 0.2) is 18.5 Å². The molecular weight excluding hydrogens is 362 g/mol. The molecule has 1 heterocycles. The van der Waals surface area contributed by atoms with Crippen LogP contribution in [-0.2, 0) is 42.9 Å². The van der Waals surface area contributed by atoms with Gasteiger partial charge in [0, 0.05) is 27.7 Å². The van der Waals surface area contributed by atoms with Crippen molar-refractivity contribution in [1.82, 2.24) is 5.32 Å². The van der Waals surface area contributed by atoms with Crippen molar-refractivity contribution in [2.24, 2.45) is 0 Å². The van der Waals surface area contributed by atoms with Crippen molar-refractivity contribution in [3.63, 3.8) is 0 Å². The molecule has 0 bridgehead atoms. The minimum Gasteiger partial charge on any atom is -0.463 e. The Morgan fingerprint density at radius 2 is 1.59 bits per heavy atom. The molecule has 152 valence electrons. The Hall–Kier alpha value is -2.46. The molecule has 1 fully saturated rings. The van der Waals surface area contributed by atoms with Crippen LogP contribution in [0.4, 0.5) is 0 Å². The molecule has 27 heavy (non-hydrogen) atoms. The Morgan fingerprint density at radius 1 is 1.00 bits per heavy atom. The largest absolute Gasteiger partial charge is 0.463 e. The first-order chi connectivity index (χ1) is 12.6. The molecule has 0 spiro atoms. The monoisotopic (exact) mass is 387 g/mol. The molecule has 1 N–H and O–H groups in total. The predicted octanol–water partition coefficient (Wildman–Crippen LogP) is -0.155. The smallest absolute Gasteiger partial charge is 0.303 e. The molecule has 5 atom stereocenters. The summed E-state index contributed by atoms with van der Waals surface area (Å²) in [5.74, 6) is -2.34. The van der Waals surface area contributed by atoms with Crippen molar-refractivity contribution in [3.8, 4) is 0 Å². The van der Waals surface area contributed by atoms with Crippen LogP contribution >= 0.6 is 0 Å². The van der Waals surface area contributed by atoms with E-state index >= 15 is 0 Å². The van der Waals surface area contributed by atoms with Gasteiger partial charge in [0.1, 0.15) is 18.8 Å². The van der Waals surface area contributed by atoms with E-state index in [0.717, 1.165) is 0 Å². The zero-order chi connectivity index (χ0) is 20.6. The molecule has 1 aliphatic rings. The molecule has 0 aromatic rings.